The van der Waals surface area contributed by atoms with E-state index < -0.39 is 12.0 Å². The van der Waals surface area contributed by atoms with Crippen LogP contribution in [0.15, 0.2) is 54.7 Å². The molecule has 0 unspecified atom stereocenters. The van der Waals surface area contributed by atoms with Crippen molar-refractivity contribution in [2.24, 2.45) is 0 Å². The highest BCUT2D eigenvalue weighted by molar-refractivity contribution is 5.90. The van der Waals surface area contributed by atoms with Gasteiger partial charge in [-0.1, -0.05) is 30.3 Å². The van der Waals surface area contributed by atoms with Crippen LogP contribution in [0.3, 0.4) is 0 Å². The van der Waals surface area contributed by atoms with E-state index in [0.717, 1.165) is 73.5 Å². The normalized spacial score (nSPS) is 16.3. The number of hydrogen-bond donors (Lipinski definition) is 2. The third kappa shape index (κ3) is 5.93. The minimum Gasteiger partial charge on any atom is -0.489 e. The molecule has 7 nitrogen and oxygen atoms in total. The van der Waals surface area contributed by atoms with Crippen LogP contribution >= 0.6 is 0 Å². The molecule has 2 N–H and O–H groups in total. The van der Waals surface area contributed by atoms with Crippen molar-refractivity contribution in [1.82, 2.24) is 19.7 Å². The van der Waals surface area contributed by atoms with Gasteiger partial charge in [-0.05, 0) is 57.4 Å². The van der Waals surface area contributed by atoms with Gasteiger partial charge in [-0.3, -0.25) is 9.69 Å². The van der Waals surface area contributed by atoms with Gasteiger partial charge < -0.3 is 24.6 Å². The highest BCUT2D eigenvalue weighted by atomic mass is 16.5. The van der Waals surface area contributed by atoms with E-state index in [9.17, 15) is 9.90 Å². The van der Waals surface area contributed by atoms with Gasteiger partial charge in [-0.25, -0.2) is 0 Å². The minimum absolute atomic E-state index is 0.476. The molecule has 0 aliphatic carbocycles. The predicted octanol–water partition coefficient (Wildman–Crippen LogP) is 3.44. The summed E-state index contributed by atoms with van der Waals surface area (Å²) >= 11 is 0. The Balaban J connectivity index is 1.45. The molecule has 2 heterocycles. The molecule has 0 bridgehead atoms. The van der Waals surface area contributed by atoms with Crippen LogP contribution in [0.2, 0.25) is 0 Å². The summed E-state index contributed by atoms with van der Waals surface area (Å²) in [6, 6.07) is 15.2. The monoisotopic (exact) mass is 450 g/mol. The first-order chi connectivity index (χ1) is 16.0. The third-order valence-electron chi connectivity index (χ3n) is 6.31. The summed E-state index contributed by atoms with van der Waals surface area (Å²) in [6.07, 6.45) is 2.97. The highest BCUT2D eigenvalue weighted by Gasteiger charge is 2.32. The van der Waals surface area contributed by atoms with E-state index in [2.05, 4.69) is 33.8 Å². The first-order valence-corrected chi connectivity index (χ1v) is 11.6. The van der Waals surface area contributed by atoms with E-state index in [1.54, 1.807) is 0 Å². The number of nitrogens with zero attached hydrogens (tertiary/aromatic N) is 3. The number of aromatic amines is 1. The number of nitrogens with one attached hydrogen (secondary N) is 1. The Morgan fingerprint density at radius 2 is 1.88 bits per heavy atom. The summed E-state index contributed by atoms with van der Waals surface area (Å²) in [7, 11) is 4.18. The number of carbonyl (C=O) groups is 1. The van der Waals surface area contributed by atoms with Gasteiger partial charge in [0.05, 0.1) is 0 Å². The predicted molar refractivity (Wildman–Crippen MR) is 131 cm³/mol. The molecule has 0 spiro atoms. The van der Waals surface area contributed by atoms with E-state index >= 15 is 0 Å². The van der Waals surface area contributed by atoms with E-state index in [-0.39, 0.29) is 0 Å². The number of benzene rings is 2. The van der Waals surface area contributed by atoms with E-state index in [1.807, 2.05) is 54.7 Å². The van der Waals surface area contributed by atoms with Gasteiger partial charge in [0.2, 0.25) is 0 Å². The number of fused-ring (bicyclic) bond motifs is 1. The molecule has 3 aromatic rings. The summed E-state index contributed by atoms with van der Waals surface area (Å²) in [5.74, 6) is -0.0744. The molecular formula is C26H34N4O3. The molecule has 33 heavy (non-hydrogen) atoms. The fourth-order valence-electron chi connectivity index (χ4n) is 4.52. The Morgan fingerprint density at radius 3 is 2.58 bits per heavy atom. The second-order valence-corrected chi connectivity index (χ2v) is 9.00. The maximum atomic E-state index is 12.4. The van der Waals surface area contributed by atoms with Crippen molar-refractivity contribution < 1.29 is 14.6 Å². The molecule has 1 saturated heterocycles. The van der Waals surface area contributed by atoms with Gasteiger partial charge in [0.1, 0.15) is 18.4 Å². The van der Waals surface area contributed by atoms with Crippen LogP contribution in [-0.2, 0) is 11.4 Å². The summed E-state index contributed by atoms with van der Waals surface area (Å²) < 4.78 is 5.99. The average Bonchev–Trinajstić information content (AvgIpc) is 3.22. The number of carboxylic acid groups (broad SMARTS) is 1. The third-order valence-corrected chi connectivity index (χ3v) is 6.31. The van der Waals surface area contributed by atoms with Crippen molar-refractivity contribution >= 4 is 16.9 Å². The van der Waals surface area contributed by atoms with Gasteiger partial charge in [0, 0.05) is 48.8 Å². The Kier molecular flexibility index (Phi) is 7.65. The quantitative estimate of drug-likeness (QED) is 0.493. The second-order valence-electron chi connectivity index (χ2n) is 9.00. The topological polar surface area (TPSA) is 72.0 Å². The number of H-pyrrole nitrogens is 1. The van der Waals surface area contributed by atoms with Crippen molar-refractivity contribution in [3.63, 3.8) is 0 Å². The molecule has 2 aromatic carbocycles. The molecule has 1 atom stereocenters. The second kappa shape index (κ2) is 10.8. The van der Waals surface area contributed by atoms with E-state index in [1.165, 1.54) is 0 Å². The van der Waals surface area contributed by atoms with Crippen LogP contribution in [0.5, 0.6) is 5.75 Å². The van der Waals surface area contributed by atoms with Gasteiger partial charge in [0.15, 0.2) is 0 Å². The van der Waals surface area contributed by atoms with Crippen molar-refractivity contribution in [3.8, 4) is 5.75 Å². The SMILES string of the molecule is CN(C)CCCN1CCN([C@@H](C(=O)O)c2c[nH]c3ccc(OCc4ccccc4)cc23)CC1. The van der Waals surface area contributed by atoms with Crippen molar-refractivity contribution in [2.45, 2.75) is 19.1 Å². The maximum absolute atomic E-state index is 12.4. The summed E-state index contributed by atoms with van der Waals surface area (Å²) in [6.45, 7) is 5.88. The van der Waals surface area contributed by atoms with Gasteiger partial charge in [-0.2, -0.15) is 0 Å². The maximum Gasteiger partial charge on any atom is 0.325 e. The summed E-state index contributed by atoms with van der Waals surface area (Å²) in [4.78, 5) is 22.3. The van der Waals surface area contributed by atoms with Crippen LogP contribution in [0.1, 0.15) is 23.6 Å². The van der Waals surface area contributed by atoms with Crippen molar-refractivity contribution in [1.29, 1.82) is 0 Å². The Hall–Kier alpha value is -2.87. The first-order valence-electron chi connectivity index (χ1n) is 11.6. The molecule has 4 rings (SSSR count). The van der Waals surface area contributed by atoms with Crippen molar-refractivity contribution in [2.75, 3.05) is 53.4 Å². The molecular weight excluding hydrogens is 416 g/mol. The Labute approximate surface area is 195 Å². The number of piperazine rings is 1. The number of aromatic nitrogens is 1. The fraction of sp³-hybridized carbons (Fsp3) is 0.423. The smallest absolute Gasteiger partial charge is 0.325 e. The zero-order valence-corrected chi connectivity index (χ0v) is 19.5. The number of rotatable bonds is 10. The van der Waals surface area contributed by atoms with E-state index in [4.69, 9.17) is 4.74 Å². The lowest BCUT2D eigenvalue weighted by atomic mass is 10.0. The fourth-order valence-corrected chi connectivity index (χ4v) is 4.52. The van der Waals surface area contributed by atoms with Crippen LogP contribution in [0, 0.1) is 0 Å². The lowest BCUT2D eigenvalue weighted by molar-refractivity contribution is -0.144. The van der Waals surface area contributed by atoms with Crippen LogP contribution in [0.25, 0.3) is 10.9 Å². The molecule has 1 aliphatic rings. The summed E-state index contributed by atoms with van der Waals surface area (Å²) in [5, 5.41) is 11.0. The first kappa shape index (κ1) is 23.3. The molecule has 1 aliphatic heterocycles. The standard InChI is InChI=1S/C26H34N4O3/c1-28(2)11-6-12-29-13-15-30(16-14-29)25(26(31)32)23-18-27-24-10-9-21(17-22(23)24)33-19-20-7-4-3-5-8-20/h3-5,7-10,17-18,25,27H,6,11-16,19H2,1-2H3,(H,31,32)/t25-/m1/s1. The molecule has 1 aromatic heterocycles. The van der Waals surface area contributed by atoms with Crippen molar-refractivity contribution in [3.05, 3.63) is 65.9 Å². The average molecular weight is 451 g/mol. The molecule has 0 saturated carbocycles. The number of hydrogen-bond acceptors (Lipinski definition) is 5. The van der Waals surface area contributed by atoms with Crippen LogP contribution in [-0.4, -0.2) is 84.1 Å². The van der Waals surface area contributed by atoms with Gasteiger partial charge in [0.25, 0.3) is 0 Å². The number of carboxylic acids is 1. The number of ether oxygens (including phenoxy) is 1. The minimum atomic E-state index is -0.812. The van der Waals surface area contributed by atoms with Crippen LogP contribution < -0.4 is 4.74 Å². The highest BCUT2D eigenvalue weighted by Crippen LogP contribution is 2.32. The van der Waals surface area contributed by atoms with Crippen LogP contribution in [0.4, 0.5) is 0 Å². The number of aliphatic carboxylic acids is 1. The zero-order valence-electron chi connectivity index (χ0n) is 19.5. The van der Waals surface area contributed by atoms with E-state index in [0.29, 0.717) is 6.61 Å². The van der Waals surface area contributed by atoms with Gasteiger partial charge >= 0.3 is 5.97 Å². The molecule has 176 valence electrons. The molecule has 0 radical (unpaired) electrons. The summed E-state index contributed by atoms with van der Waals surface area (Å²) in [5.41, 5.74) is 2.81. The molecule has 0 amide bonds. The molecule has 1 fully saturated rings. The lowest BCUT2D eigenvalue weighted by Crippen LogP contribution is -2.49. The largest absolute Gasteiger partial charge is 0.489 e. The lowest BCUT2D eigenvalue weighted by Gasteiger charge is -2.37. The zero-order chi connectivity index (χ0) is 23.2. The van der Waals surface area contributed by atoms with Gasteiger partial charge in [-0.15, -0.1) is 0 Å². The molecule has 7 heteroatoms. The Morgan fingerprint density at radius 1 is 1.12 bits per heavy atom. The Bertz CT molecular complexity index is 1040.